The molecule has 0 aromatic carbocycles. The molecule has 0 spiro atoms. The lowest BCUT2D eigenvalue weighted by atomic mass is 9.88. The molecule has 2 fully saturated rings. The predicted octanol–water partition coefficient (Wildman–Crippen LogP) is 2.25. The van der Waals surface area contributed by atoms with Crippen LogP contribution < -0.4 is 5.32 Å². The zero-order chi connectivity index (χ0) is 10.9. The Morgan fingerprint density at radius 2 is 1.87 bits per heavy atom. The van der Waals surface area contributed by atoms with E-state index in [0.29, 0.717) is 5.54 Å². The maximum absolute atomic E-state index is 3.48. The number of rotatable bonds is 2. The molecule has 1 saturated carbocycles. The van der Waals surface area contributed by atoms with Gasteiger partial charge in [-0.2, -0.15) is 0 Å². The highest BCUT2D eigenvalue weighted by atomic mass is 15.2. The fraction of sp³-hybridized carbons (Fsp3) is 1.00. The Bertz CT molecular complexity index is 207. The average Bonchev–Trinajstić information content (AvgIpc) is 2.66. The molecule has 0 radical (unpaired) electrons. The van der Waals surface area contributed by atoms with Gasteiger partial charge in [0.25, 0.3) is 0 Å². The van der Waals surface area contributed by atoms with Gasteiger partial charge in [0.05, 0.1) is 0 Å². The highest BCUT2D eigenvalue weighted by Gasteiger charge is 2.34. The zero-order valence-corrected chi connectivity index (χ0v) is 10.6. The van der Waals surface area contributed by atoms with Gasteiger partial charge in [0.2, 0.25) is 0 Å². The first kappa shape index (κ1) is 11.4. The molecule has 2 nitrogen and oxygen atoms in total. The Balaban J connectivity index is 1.88. The Hall–Kier alpha value is -0.0800. The van der Waals surface area contributed by atoms with Crippen molar-refractivity contribution in [2.75, 3.05) is 20.1 Å². The lowest BCUT2D eigenvalue weighted by Crippen LogP contribution is -2.52. The van der Waals surface area contributed by atoms with E-state index >= 15 is 0 Å². The van der Waals surface area contributed by atoms with Gasteiger partial charge in [-0.25, -0.2) is 0 Å². The van der Waals surface area contributed by atoms with Crippen molar-refractivity contribution in [1.82, 2.24) is 10.2 Å². The van der Waals surface area contributed by atoms with Gasteiger partial charge in [0, 0.05) is 24.7 Å². The minimum Gasteiger partial charge on any atom is -0.314 e. The van der Waals surface area contributed by atoms with Gasteiger partial charge >= 0.3 is 0 Å². The highest BCUT2D eigenvalue weighted by Crippen LogP contribution is 2.32. The molecular weight excluding hydrogens is 184 g/mol. The van der Waals surface area contributed by atoms with E-state index in [1.807, 2.05) is 0 Å². The lowest BCUT2D eigenvalue weighted by Gasteiger charge is -2.43. The minimum atomic E-state index is 0.401. The van der Waals surface area contributed by atoms with Crippen molar-refractivity contribution in [1.29, 1.82) is 0 Å². The Morgan fingerprint density at radius 1 is 1.20 bits per heavy atom. The van der Waals surface area contributed by atoms with E-state index in [2.05, 4.69) is 31.1 Å². The molecule has 2 aliphatic rings. The van der Waals surface area contributed by atoms with Crippen LogP contribution in [0.1, 0.15) is 46.0 Å². The third kappa shape index (κ3) is 2.36. The third-order valence-electron chi connectivity index (χ3n) is 4.79. The van der Waals surface area contributed by atoms with E-state index in [0.717, 1.165) is 12.0 Å². The largest absolute Gasteiger partial charge is 0.314 e. The molecule has 1 heterocycles. The molecule has 1 saturated heterocycles. The van der Waals surface area contributed by atoms with Gasteiger partial charge in [-0.1, -0.05) is 13.3 Å². The van der Waals surface area contributed by atoms with Gasteiger partial charge in [0.15, 0.2) is 0 Å². The number of likely N-dealkylation sites (tertiary alicyclic amines) is 1. The summed E-state index contributed by atoms with van der Waals surface area (Å²) in [6, 6.07) is 0.895. The molecule has 0 aromatic rings. The molecule has 1 aliphatic heterocycles. The SMILES string of the molecule is CNC1(C)CCN(C2CCCC2C)CC1. The fourth-order valence-electron chi connectivity index (χ4n) is 3.27. The van der Waals surface area contributed by atoms with E-state index < -0.39 is 0 Å². The van der Waals surface area contributed by atoms with Crippen LogP contribution in [-0.2, 0) is 0 Å². The van der Waals surface area contributed by atoms with Gasteiger partial charge in [-0.15, -0.1) is 0 Å². The van der Waals surface area contributed by atoms with Crippen molar-refractivity contribution >= 4 is 0 Å². The van der Waals surface area contributed by atoms with Crippen molar-refractivity contribution in [3.63, 3.8) is 0 Å². The maximum Gasteiger partial charge on any atom is 0.0174 e. The average molecular weight is 210 g/mol. The number of nitrogens with one attached hydrogen (secondary N) is 1. The first-order valence-corrected chi connectivity index (χ1v) is 6.57. The fourth-order valence-corrected chi connectivity index (χ4v) is 3.27. The second kappa shape index (κ2) is 4.42. The summed E-state index contributed by atoms with van der Waals surface area (Å²) in [5, 5.41) is 3.48. The van der Waals surface area contributed by atoms with Crippen molar-refractivity contribution in [3.05, 3.63) is 0 Å². The summed E-state index contributed by atoms with van der Waals surface area (Å²) in [6.45, 7) is 7.39. The Kier molecular flexibility index (Phi) is 3.36. The molecule has 0 amide bonds. The van der Waals surface area contributed by atoms with E-state index in [4.69, 9.17) is 0 Å². The third-order valence-corrected chi connectivity index (χ3v) is 4.79. The Labute approximate surface area is 94.4 Å². The molecule has 0 bridgehead atoms. The number of hydrogen-bond acceptors (Lipinski definition) is 2. The van der Waals surface area contributed by atoms with Crippen LogP contribution in [0.4, 0.5) is 0 Å². The van der Waals surface area contributed by atoms with Crippen molar-refractivity contribution < 1.29 is 0 Å². The molecule has 0 aromatic heterocycles. The molecule has 15 heavy (non-hydrogen) atoms. The van der Waals surface area contributed by atoms with Crippen LogP contribution in [0.2, 0.25) is 0 Å². The van der Waals surface area contributed by atoms with Crippen LogP contribution in [0.5, 0.6) is 0 Å². The monoisotopic (exact) mass is 210 g/mol. The molecule has 88 valence electrons. The lowest BCUT2D eigenvalue weighted by molar-refractivity contribution is 0.0942. The zero-order valence-electron chi connectivity index (χ0n) is 10.6. The van der Waals surface area contributed by atoms with Gasteiger partial charge in [-0.05, 0) is 45.6 Å². The van der Waals surface area contributed by atoms with E-state index in [9.17, 15) is 0 Å². The standard InChI is InChI=1S/C13H26N2/c1-11-5-4-6-12(11)15-9-7-13(2,14-3)8-10-15/h11-12,14H,4-10H2,1-3H3. The topological polar surface area (TPSA) is 15.3 Å². The number of piperidine rings is 1. The van der Waals surface area contributed by atoms with E-state index in [-0.39, 0.29) is 0 Å². The van der Waals surface area contributed by atoms with Crippen molar-refractivity contribution in [2.45, 2.75) is 57.5 Å². The normalized spacial score (nSPS) is 37.0. The smallest absolute Gasteiger partial charge is 0.0174 e. The van der Waals surface area contributed by atoms with Crippen molar-refractivity contribution in [3.8, 4) is 0 Å². The molecule has 2 heteroatoms. The second-order valence-electron chi connectivity index (χ2n) is 5.82. The second-order valence-corrected chi connectivity index (χ2v) is 5.82. The van der Waals surface area contributed by atoms with E-state index in [1.54, 1.807) is 0 Å². The molecule has 2 atom stereocenters. The summed E-state index contributed by atoms with van der Waals surface area (Å²) in [5.41, 5.74) is 0.401. The van der Waals surface area contributed by atoms with Crippen LogP contribution in [0.3, 0.4) is 0 Å². The summed E-state index contributed by atoms with van der Waals surface area (Å²) >= 11 is 0. The van der Waals surface area contributed by atoms with Crippen molar-refractivity contribution in [2.24, 2.45) is 5.92 Å². The summed E-state index contributed by atoms with van der Waals surface area (Å²) in [7, 11) is 2.11. The van der Waals surface area contributed by atoms with Gasteiger partial charge in [0.1, 0.15) is 0 Å². The van der Waals surface area contributed by atoms with Crippen LogP contribution in [-0.4, -0.2) is 36.6 Å². The first-order chi connectivity index (χ1) is 7.14. The summed E-state index contributed by atoms with van der Waals surface area (Å²) < 4.78 is 0. The quantitative estimate of drug-likeness (QED) is 0.752. The maximum atomic E-state index is 3.48. The summed E-state index contributed by atoms with van der Waals surface area (Å²) in [4.78, 5) is 2.75. The summed E-state index contributed by atoms with van der Waals surface area (Å²) in [5.74, 6) is 0.934. The predicted molar refractivity (Wildman–Crippen MR) is 65.1 cm³/mol. The molecule has 1 aliphatic carbocycles. The molecule has 2 rings (SSSR count). The van der Waals surface area contributed by atoms with Gasteiger partial charge < -0.3 is 5.32 Å². The first-order valence-electron chi connectivity index (χ1n) is 6.57. The van der Waals surface area contributed by atoms with E-state index in [1.165, 1.54) is 45.2 Å². The molecule has 1 N–H and O–H groups in total. The van der Waals surface area contributed by atoms with Gasteiger partial charge in [-0.3, -0.25) is 4.90 Å². The number of hydrogen-bond donors (Lipinski definition) is 1. The van der Waals surface area contributed by atoms with Crippen LogP contribution in [0, 0.1) is 5.92 Å². The summed E-state index contributed by atoms with van der Waals surface area (Å²) in [6.07, 6.45) is 6.97. The van der Waals surface area contributed by atoms with Crippen LogP contribution in [0.15, 0.2) is 0 Å². The van der Waals surface area contributed by atoms with Crippen LogP contribution >= 0.6 is 0 Å². The minimum absolute atomic E-state index is 0.401. The number of nitrogens with zero attached hydrogens (tertiary/aromatic N) is 1. The van der Waals surface area contributed by atoms with Crippen LogP contribution in [0.25, 0.3) is 0 Å². The highest BCUT2D eigenvalue weighted by molar-refractivity contribution is 4.92. The molecule has 2 unspecified atom stereocenters. The Morgan fingerprint density at radius 3 is 2.33 bits per heavy atom. The molecular formula is C13H26N2.